The summed E-state index contributed by atoms with van der Waals surface area (Å²) in [6, 6.07) is 7.91. The molecule has 94 valence electrons. The first-order chi connectivity index (χ1) is 8.70. The number of hydrogen-bond donors (Lipinski definition) is 1. The lowest BCUT2D eigenvalue weighted by atomic mass is 10.1. The predicted octanol–water partition coefficient (Wildman–Crippen LogP) is 2.43. The Kier molecular flexibility index (Phi) is 2.71. The Bertz CT molecular complexity index is 640. The Labute approximate surface area is 106 Å². The summed E-state index contributed by atoms with van der Waals surface area (Å²) in [4.78, 5) is 12.3. The van der Waals surface area contributed by atoms with Gasteiger partial charge in [-0.1, -0.05) is 12.1 Å². The van der Waals surface area contributed by atoms with Crippen molar-refractivity contribution in [2.24, 2.45) is 0 Å². The lowest BCUT2D eigenvalue weighted by Gasteiger charge is -2.13. The molecule has 3 heteroatoms. The number of aromatic nitrogens is 1. The van der Waals surface area contributed by atoms with Crippen LogP contribution in [-0.2, 0) is 0 Å². The maximum atomic E-state index is 12.3. The first-order valence-electron chi connectivity index (χ1n) is 6.46. The average Bonchev–Trinajstić information content (AvgIpc) is 3.22. The van der Waals surface area contributed by atoms with Gasteiger partial charge in [0.05, 0.1) is 12.6 Å². The van der Waals surface area contributed by atoms with Gasteiger partial charge in [0.1, 0.15) is 0 Å². The Balaban J connectivity index is 2.14. The van der Waals surface area contributed by atoms with Crippen molar-refractivity contribution in [2.45, 2.75) is 31.7 Å². The fourth-order valence-corrected chi connectivity index (χ4v) is 2.39. The third-order valence-corrected chi connectivity index (χ3v) is 3.74. The van der Waals surface area contributed by atoms with Crippen molar-refractivity contribution in [2.75, 3.05) is 6.61 Å². The third-order valence-electron chi connectivity index (χ3n) is 3.74. The topological polar surface area (TPSA) is 42.2 Å². The molecule has 0 bridgehead atoms. The zero-order valence-corrected chi connectivity index (χ0v) is 10.5. The van der Waals surface area contributed by atoms with Crippen molar-refractivity contribution >= 4 is 10.8 Å². The first-order valence-corrected chi connectivity index (χ1v) is 6.46. The number of pyridine rings is 1. The van der Waals surface area contributed by atoms with Crippen molar-refractivity contribution < 1.29 is 5.11 Å². The van der Waals surface area contributed by atoms with Crippen LogP contribution in [0.25, 0.3) is 10.8 Å². The van der Waals surface area contributed by atoms with E-state index in [9.17, 15) is 4.79 Å². The van der Waals surface area contributed by atoms with E-state index < -0.39 is 0 Å². The summed E-state index contributed by atoms with van der Waals surface area (Å²) in [5, 5.41) is 10.9. The van der Waals surface area contributed by atoms with Gasteiger partial charge < -0.3 is 9.67 Å². The minimum atomic E-state index is -0.176. The van der Waals surface area contributed by atoms with E-state index in [1.807, 2.05) is 19.1 Å². The summed E-state index contributed by atoms with van der Waals surface area (Å²) < 4.78 is 1.60. The molecule has 0 amide bonds. The molecule has 1 aromatic heterocycles. The van der Waals surface area contributed by atoms with Crippen molar-refractivity contribution in [3.8, 4) is 0 Å². The van der Waals surface area contributed by atoms with Crippen LogP contribution in [0, 0.1) is 0 Å². The van der Waals surface area contributed by atoms with Crippen LogP contribution in [-0.4, -0.2) is 16.3 Å². The highest BCUT2D eigenvalue weighted by Crippen LogP contribution is 2.40. The molecule has 1 aliphatic carbocycles. The van der Waals surface area contributed by atoms with Crippen LogP contribution in [0.1, 0.15) is 37.3 Å². The molecule has 3 rings (SSSR count). The largest absolute Gasteiger partial charge is 0.394 e. The van der Waals surface area contributed by atoms with E-state index in [1.165, 1.54) is 18.4 Å². The lowest BCUT2D eigenvalue weighted by Crippen LogP contribution is -2.24. The Hall–Kier alpha value is -1.61. The monoisotopic (exact) mass is 243 g/mol. The summed E-state index contributed by atoms with van der Waals surface area (Å²) in [5.41, 5.74) is 1.33. The average molecular weight is 243 g/mol. The molecule has 1 aromatic carbocycles. The Morgan fingerprint density at radius 1 is 1.39 bits per heavy atom. The van der Waals surface area contributed by atoms with Gasteiger partial charge in [0.25, 0.3) is 5.56 Å². The first kappa shape index (κ1) is 11.5. The number of benzene rings is 1. The highest BCUT2D eigenvalue weighted by Gasteiger charge is 2.23. The molecular weight excluding hydrogens is 226 g/mol. The van der Waals surface area contributed by atoms with E-state index in [0.717, 1.165) is 10.8 Å². The van der Waals surface area contributed by atoms with Gasteiger partial charge >= 0.3 is 0 Å². The highest BCUT2D eigenvalue weighted by atomic mass is 16.3. The molecule has 1 heterocycles. The third kappa shape index (κ3) is 1.85. The fraction of sp³-hybridized carbons (Fsp3) is 0.400. The van der Waals surface area contributed by atoms with Crippen LogP contribution in [0.5, 0.6) is 0 Å². The van der Waals surface area contributed by atoms with Crippen LogP contribution < -0.4 is 5.56 Å². The number of rotatable bonds is 3. The Morgan fingerprint density at radius 2 is 2.17 bits per heavy atom. The molecule has 1 unspecified atom stereocenters. The zero-order valence-electron chi connectivity index (χ0n) is 10.5. The van der Waals surface area contributed by atoms with E-state index in [2.05, 4.69) is 12.1 Å². The number of aliphatic hydroxyl groups excluding tert-OH is 1. The maximum absolute atomic E-state index is 12.3. The number of aliphatic hydroxyl groups is 1. The second kappa shape index (κ2) is 4.25. The van der Waals surface area contributed by atoms with Gasteiger partial charge in [-0.2, -0.15) is 0 Å². The number of nitrogens with zero attached hydrogens (tertiary/aromatic N) is 1. The van der Waals surface area contributed by atoms with Gasteiger partial charge in [0.2, 0.25) is 0 Å². The second-order valence-corrected chi connectivity index (χ2v) is 5.18. The Morgan fingerprint density at radius 3 is 2.83 bits per heavy atom. The smallest absolute Gasteiger partial charge is 0.258 e. The molecule has 1 atom stereocenters. The van der Waals surface area contributed by atoms with Crippen molar-refractivity contribution in [1.82, 2.24) is 4.57 Å². The molecule has 3 nitrogen and oxygen atoms in total. The SMILES string of the molecule is CC(CO)n1ccc2cc(C3CC3)ccc2c1=O. The number of hydrogen-bond acceptors (Lipinski definition) is 2. The summed E-state index contributed by atoms with van der Waals surface area (Å²) in [5.74, 6) is 0.702. The van der Waals surface area contributed by atoms with Crippen molar-refractivity contribution in [3.05, 3.63) is 46.4 Å². The minimum absolute atomic E-state index is 0.0172. The van der Waals surface area contributed by atoms with Crippen molar-refractivity contribution in [3.63, 3.8) is 0 Å². The minimum Gasteiger partial charge on any atom is -0.394 e. The normalized spacial score (nSPS) is 17.0. The van der Waals surface area contributed by atoms with E-state index >= 15 is 0 Å². The van der Waals surface area contributed by atoms with Gasteiger partial charge in [0.15, 0.2) is 0 Å². The van der Waals surface area contributed by atoms with Gasteiger partial charge in [-0.25, -0.2) is 0 Å². The van der Waals surface area contributed by atoms with Crippen LogP contribution in [0.4, 0.5) is 0 Å². The summed E-state index contributed by atoms with van der Waals surface area (Å²) in [6.07, 6.45) is 4.32. The molecule has 2 aromatic rings. The molecule has 0 spiro atoms. The second-order valence-electron chi connectivity index (χ2n) is 5.18. The van der Waals surface area contributed by atoms with Crippen LogP contribution in [0.3, 0.4) is 0 Å². The number of fused-ring (bicyclic) bond motifs is 1. The molecule has 1 fully saturated rings. The molecular formula is C15H17NO2. The molecule has 0 aliphatic heterocycles. The quantitative estimate of drug-likeness (QED) is 0.899. The molecule has 1 saturated carbocycles. The van der Waals surface area contributed by atoms with Gasteiger partial charge in [-0.15, -0.1) is 0 Å². The molecule has 0 saturated heterocycles. The van der Waals surface area contributed by atoms with Crippen LogP contribution >= 0.6 is 0 Å². The van der Waals surface area contributed by atoms with E-state index in [-0.39, 0.29) is 18.2 Å². The molecule has 1 N–H and O–H groups in total. The molecule has 0 radical (unpaired) electrons. The zero-order chi connectivity index (χ0) is 12.7. The van der Waals surface area contributed by atoms with Crippen molar-refractivity contribution in [1.29, 1.82) is 0 Å². The predicted molar refractivity (Wildman–Crippen MR) is 72.0 cm³/mol. The molecule has 1 aliphatic rings. The van der Waals surface area contributed by atoms with Gasteiger partial charge in [-0.05, 0) is 48.8 Å². The van der Waals surface area contributed by atoms with E-state index in [0.29, 0.717) is 5.92 Å². The van der Waals surface area contributed by atoms with Gasteiger partial charge in [-0.3, -0.25) is 4.79 Å². The highest BCUT2D eigenvalue weighted by molar-refractivity contribution is 5.82. The summed E-state index contributed by atoms with van der Waals surface area (Å²) >= 11 is 0. The van der Waals surface area contributed by atoms with Crippen LogP contribution in [0.15, 0.2) is 35.3 Å². The van der Waals surface area contributed by atoms with Gasteiger partial charge in [0, 0.05) is 11.6 Å². The summed E-state index contributed by atoms with van der Waals surface area (Å²) in [7, 11) is 0. The van der Waals surface area contributed by atoms with E-state index in [4.69, 9.17) is 5.11 Å². The van der Waals surface area contributed by atoms with E-state index in [1.54, 1.807) is 10.8 Å². The summed E-state index contributed by atoms with van der Waals surface area (Å²) in [6.45, 7) is 1.82. The standard InChI is InChI=1S/C15H17NO2/c1-10(9-17)16-7-6-13-8-12(11-2-3-11)4-5-14(13)15(16)18/h4-8,10-11,17H,2-3,9H2,1H3. The maximum Gasteiger partial charge on any atom is 0.258 e. The lowest BCUT2D eigenvalue weighted by molar-refractivity contribution is 0.236. The molecule has 18 heavy (non-hydrogen) atoms. The fourth-order valence-electron chi connectivity index (χ4n) is 2.39. The van der Waals surface area contributed by atoms with Crippen LogP contribution in [0.2, 0.25) is 0 Å².